The second-order valence-corrected chi connectivity index (χ2v) is 11.1. The van der Waals surface area contributed by atoms with E-state index in [2.05, 4.69) is 40.4 Å². The minimum absolute atomic E-state index is 0.140. The molecule has 4 heteroatoms. The molecule has 3 nitrogen and oxygen atoms in total. The van der Waals surface area contributed by atoms with Gasteiger partial charge in [-0.15, -0.1) is 0 Å². The summed E-state index contributed by atoms with van der Waals surface area (Å²) >= 11 is 0. The van der Waals surface area contributed by atoms with Gasteiger partial charge in [0.25, 0.3) is 14.3 Å². The maximum atomic E-state index is 6.09. The van der Waals surface area contributed by atoms with Gasteiger partial charge in [-0.2, -0.15) is 0 Å². The zero-order valence-electron chi connectivity index (χ0n) is 12.0. The first-order chi connectivity index (χ1) is 7.43. The number of ether oxygens (including phenoxy) is 2. The fraction of sp³-hybridized carbons (Fsp3) is 0.692. The Hall–Kier alpha value is -0.903. The lowest BCUT2D eigenvalue weighted by Gasteiger charge is -2.40. The first-order valence-electron chi connectivity index (χ1n) is 5.91. The predicted molar refractivity (Wildman–Crippen MR) is 71.8 cm³/mol. The van der Waals surface area contributed by atoms with Crippen LogP contribution < -0.4 is 0 Å². The van der Waals surface area contributed by atoms with E-state index in [1.165, 1.54) is 0 Å². The van der Waals surface area contributed by atoms with Crippen molar-refractivity contribution in [3.63, 3.8) is 0 Å². The fourth-order valence-electron chi connectivity index (χ4n) is 1.22. The van der Waals surface area contributed by atoms with Crippen molar-refractivity contribution in [3.8, 4) is 0 Å². The molecule has 1 aliphatic heterocycles. The summed E-state index contributed by atoms with van der Waals surface area (Å²) in [5, 5.41) is 0.140. The van der Waals surface area contributed by atoms with Gasteiger partial charge in [-0.3, -0.25) is 0 Å². The molecule has 0 atom stereocenters. The first-order valence-corrected chi connectivity index (χ1v) is 8.81. The van der Waals surface area contributed by atoms with E-state index in [1.54, 1.807) is 6.08 Å². The quantitative estimate of drug-likeness (QED) is 0.695. The molecule has 0 bridgehead atoms. The van der Waals surface area contributed by atoms with Gasteiger partial charge in [0, 0.05) is 13.8 Å². The molecule has 98 valence electrons. The van der Waals surface area contributed by atoms with Crippen LogP contribution in [-0.2, 0) is 13.9 Å². The lowest BCUT2D eigenvalue weighted by atomic mass is 10.2. The smallest absolute Gasteiger partial charge is 0.272 e. The summed E-state index contributed by atoms with van der Waals surface area (Å²) in [6.07, 6.45) is 1.71. The Kier molecular flexibility index (Phi) is 3.40. The van der Waals surface area contributed by atoms with Crippen molar-refractivity contribution in [3.05, 3.63) is 24.4 Å². The van der Waals surface area contributed by atoms with Crippen LogP contribution in [0, 0.1) is 0 Å². The Morgan fingerprint density at radius 2 is 1.76 bits per heavy atom. The Morgan fingerprint density at radius 3 is 2.18 bits per heavy atom. The van der Waals surface area contributed by atoms with Crippen molar-refractivity contribution in [1.82, 2.24) is 0 Å². The van der Waals surface area contributed by atoms with E-state index in [9.17, 15) is 0 Å². The van der Waals surface area contributed by atoms with Crippen LogP contribution in [0.3, 0.4) is 0 Å². The van der Waals surface area contributed by atoms with Crippen molar-refractivity contribution in [2.45, 2.75) is 58.5 Å². The molecule has 1 aliphatic rings. The van der Waals surface area contributed by atoms with Gasteiger partial charge in [0.2, 0.25) is 5.79 Å². The van der Waals surface area contributed by atoms with E-state index in [0.29, 0.717) is 11.7 Å². The third-order valence-electron chi connectivity index (χ3n) is 3.16. The van der Waals surface area contributed by atoms with E-state index in [-0.39, 0.29) is 5.04 Å². The van der Waals surface area contributed by atoms with Gasteiger partial charge in [-0.1, -0.05) is 27.4 Å². The second-order valence-electron chi connectivity index (χ2n) is 6.40. The Labute approximate surface area is 106 Å². The molecule has 0 aliphatic carbocycles. The SMILES string of the molecule is C=C1C=C(O[Si](C)(C)C(C)(C)C)OC(C)(C)O1. The molecule has 17 heavy (non-hydrogen) atoms. The van der Waals surface area contributed by atoms with Crippen LogP contribution in [0.5, 0.6) is 0 Å². The highest BCUT2D eigenvalue weighted by Crippen LogP contribution is 2.39. The normalized spacial score (nSPS) is 20.2. The zero-order chi connectivity index (χ0) is 13.5. The van der Waals surface area contributed by atoms with Gasteiger partial charge >= 0.3 is 0 Å². The van der Waals surface area contributed by atoms with Crippen LogP contribution in [0.15, 0.2) is 24.4 Å². The number of hydrogen-bond donors (Lipinski definition) is 0. The summed E-state index contributed by atoms with van der Waals surface area (Å²) < 4.78 is 17.2. The van der Waals surface area contributed by atoms with Gasteiger partial charge < -0.3 is 13.9 Å². The second kappa shape index (κ2) is 4.09. The van der Waals surface area contributed by atoms with Gasteiger partial charge in [0.15, 0.2) is 0 Å². The molecule has 0 radical (unpaired) electrons. The molecule has 1 heterocycles. The van der Waals surface area contributed by atoms with E-state index < -0.39 is 14.1 Å². The van der Waals surface area contributed by atoms with Crippen molar-refractivity contribution in [2.75, 3.05) is 0 Å². The van der Waals surface area contributed by atoms with Crippen LogP contribution in [0.2, 0.25) is 18.1 Å². The maximum Gasteiger partial charge on any atom is 0.272 e. The average Bonchev–Trinajstić information content (AvgIpc) is 1.94. The van der Waals surface area contributed by atoms with Gasteiger partial charge in [0.05, 0.1) is 6.08 Å². The van der Waals surface area contributed by atoms with E-state index in [0.717, 1.165) is 0 Å². The Morgan fingerprint density at radius 1 is 1.24 bits per heavy atom. The fourth-order valence-corrected chi connectivity index (χ4v) is 2.13. The summed E-state index contributed by atoms with van der Waals surface area (Å²) in [4.78, 5) is 0. The molecule has 0 saturated heterocycles. The van der Waals surface area contributed by atoms with Crippen LogP contribution in [0.4, 0.5) is 0 Å². The Balaban J connectivity index is 2.86. The van der Waals surface area contributed by atoms with Crippen molar-refractivity contribution in [1.29, 1.82) is 0 Å². The zero-order valence-corrected chi connectivity index (χ0v) is 13.0. The highest BCUT2D eigenvalue weighted by Gasteiger charge is 2.41. The summed E-state index contributed by atoms with van der Waals surface area (Å²) in [6, 6.07) is 0. The summed E-state index contributed by atoms with van der Waals surface area (Å²) in [7, 11) is -1.87. The van der Waals surface area contributed by atoms with Crippen molar-refractivity contribution >= 4 is 8.32 Å². The topological polar surface area (TPSA) is 27.7 Å². The molecule has 0 saturated carbocycles. The first kappa shape index (κ1) is 14.2. The predicted octanol–water partition coefficient (Wildman–Crippen LogP) is 4.15. The van der Waals surface area contributed by atoms with Gasteiger partial charge in [0.1, 0.15) is 5.76 Å². The molecular weight excluding hydrogens is 232 g/mol. The third-order valence-corrected chi connectivity index (χ3v) is 7.49. The number of allylic oxidation sites excluding steroid dienone is 1. The third kappa shape index (κ3) is 3.53. The molecule has 0 aromatic heterocycles. The molecular formula is C13H24O3Si. The van der Waals surface area contributed by atoms with E-state index >= 15 is 0 Å². The highest BCUT2D eigenvalue weighted by atomic mass is 28.4. The highest BCUT2D eigenvalue weighted by molar-refractivity contribution is 6.74. The van der Waals surface area contributed by atoms with Crippen LogP contribution in [0.1, 0.15) is 34.6 Å². The number of rotatable bonds is 2. The van der Waals surface area contributed by atoms with Gasteiger partial charge in [-0.05, 0) is 18.1 Å². The summed E-state index contributed by atoms with van der Waals surface area (Å²) in [5.74, 6) is 0.400. The molecule has 0 N–H and O–H groups in total. The Bertz CT molecular complexity index is 348. The monoisotopic (exact) mass is 256 g/mol. The standard InChI is InChI=1S/C13H24O3Si/c1-10-9-11(15-13(5,6)14-10)16-17(7,8)12(2,3)4/h9H,1H2,2-8H3. The average molecular weight is 256 g/mol. The largest absolute Gasteiger partial charge is 0.519 e. The van der Waals surface area contributed by atoms with E-state index in [4.69, 9.17) is 13.9 Å². The van der Waals surface area contributed by atoms with Crippen LogP contribution >= 0.6 is 0 Å². The van der Waals surface area contributed by atoms with Crippen LogP contribution in [0.25, 0.3) is 0 Å². The minimum Gasteiger partial charge on any atom is -0.519 e. The lowest BCUT2D eigenvalue weighted by Crippen LogP contribution is -2.42. The van der Waals surface area contributed by atoms with Crippen molar-refractivity contribution in [2.24, 2.45) is 0 Å². The minimum atomic E-state index is -1.87. The molecule has 0 unspecified atom stereocenters. The lowest BCUT2D eigenvalue weighted by molar-refractivity contribution is -0.194. The molecule has 0 aromatic rings. The molecule has 0 fully saturated rings. The molecule has 0 amide bonds. The maximum absolute atomic E-state index is 6.09. The molecule has 0 aromatic carbocycles. The molecule has 0 spiro atoms. The summed E-state index contributed by atoms with van der Waals surface area (Å²) in [6.45, 7) is 18.5. The van der Waals surface area contributed by atoms with Crippen LogP contribution in [-0.4, -0.2) is 14.1 Å². The van der Waals surface area contributed by atoms with E-state index in [1.807, 2.05) is 13.8 Å². The molecule has 1 rings (SSSR count). The summed E-state index contributed by atoms with van der Waals surface area (Å²) in [5.41, 5.74) is 0. The van der Waals surface area contributed by atoms with Gasteiger partial charge in [-0.25, -0.2) is 0 Å². The number of hydrogen-bond acceptors (Lipinski definition) is 3. The van der Waals surface area contributed by atoms with Crippen molar-refractivity contribution < 1.29 is 13.9 Å².